The van der Waals surface area contributed by atoms with Crippen LogP contribution in [0.1, 0.15) is 32.1 Å². The van der Waals surface area contributed by atoms with Crippen molar-refractivity contribution in [3.05, 3.63) is 18.6 Å². The standard InChI is InChI=1S/C18H23N5O2S/c1-23(18-16-4-5-20-17(16)21-11-22-18)14-6-13(7-14)10-26(24,25)15-3-2-12(8-15)9-19/h4-5,11-15H,2-3,6-8,10H2,1H3,(H,20,21,22)/t12-,13?,14?,15+/m1/s1. The molecule has 2 atom stereocenters. The van der Waals surface area contributed by atoms with Gasteiger partial charge in [-0.15, -0.1) is 0 Å². The molecule has 2 aliphatic carbocycles. The molecule has 0 bridgehead atoms. The number of nitrogens with zero attached hydrogens (tertiary/aromatic N) is 4. The van der Waals surface area contributed by atoms with Crippen molar-refractivity contribution in [1.29, 1.82) is 5.26 Å². The summed E-state index contributed by atoms with van der Waals surface area (Å²) < 4.78 is 25.3. The van der Waals surface area contributed by atoms with E-state index in [0.29, 0.717) is 18.9 Å². The lowest BCUT2D eigenvalue weighted by atomic mass is 9.81. The predicted molar refractivity (Wildman–Crippen MR) is 99.3 cm³/mol. The molecule has 0 aromatic carbocycles. The topological polar surface area (TPSA) is 103 Å². The van der Waals surface area contributed by atoms with Crippen molar-refractivity contribution in [3.8, 4) is 6.07 Å². The minimum Gasteiger partial charge on any atom is -0.356 e. The van der Waals surface area contributed by atoms with Crippen LogP contribution in [0.4, 0.5) is 5.82 Å². The first kappa shape index (κ1) is 17.3. The second-order valence-corrected chi connectivity index (χ2v) is 9.96. The van der Waals surface area contributed by atoms with Gasteiger partial charge in [0.15, 0.2) is 9.84 Å². The average molecular weight is 373 g/mol. The molecule has 0 amide bonds. The number of anilines is 1. The molecule has 2 saturated carbocycles. The van der Waals surface area contributed by atoms with Gasteiger partial charge in [0.1, 0.15) is 17.8 Å². The molecule has 0 unspecified atom stereocenters. The Morgan fingerprint density at radius 1 is 1.31 bits per heavy atom. The second-order valence-electron chi connectivity index (χ2n) is 7.63. The van der Waals surface area contributed by atoms with Gasteiger partial charge in [0, 0.05) is 25.2 Å². The molecule has 0 aliphatic heterocycles. The third-order valence-electron chi connectivity index (χ3n) is 5.97. The van der Waals surface area contributed by atoms with Gasteiger partial charge in [0.05, 0.1) is 22.5 Å². The highest BCUT2D eigenvalue weighted by atomic mass is 32.2. The first-order chi connectivity index (χ1) is 12.5. The summed E-state index contributed by atoms with van der Waals surface area (Å²) >= 11 is 0. The summed E-state index contributed by atoms with van der Waals surface area (Å²) in [7, 11) is -1.09. The molecule has 0 radical (unpaired) electrons. The Morgan fingerprint density at radius 2 is 2.12 bits per heavy atom. The molecule has 4 rings (SSSR count). The van der Waals surface area contributed by atoms with Crippen molar-refractivity contribution in [2.75, 3.05) is 17.7 Å². The lowest BCUT2D eigenvalue weighted by Gasteiger charge is -2.42. The van der Waals surface area contributed by atoms with Gasteiger partial charge in [-0.2, -0.15) is 5.26 Å². The molecule has 26 heavy (non-hydrogen) atoms. The first-order valence-corrected chi connectivity index (χ1v) is 10.8. The zero-order valence-corrected chi connectivity index (χ0v) is 15.6. The smallest absolute Gasteiger partial charge is 0.153 e. The maximum absolute atomic E-state index is 12.6. The van der Waals surface area contributed by atoms with Crippen LogP contribution in [-0.2, 0) is 9.84 Å². The lowest BCUT2D eigenvalue weighted by molar-refractivity contribution is 0.281. The SMILES string of the molecule is CN(c1ncnc2[nH]ccc12)C1CC(CS(=O)(=O)[C@H]2CC[C@@H](C#N)C2)C1. The highest BCUT2D eigenvalue weighted by Crippen LogP contribution is 2.38. The van der Waals surface area contributed by atoms with Crippen LogP contribution in [0.2, 0.25) is 0 Å². The number of aromatic amines is 1. The average Bonchev–Trinajstić information content (AvgIpc) is 3.25. The summed E-state index contributed by atoms with van der Waals surface area (Å²) in [5.41, 5.74) is 0.814. The maximum atomic E-state index is 12.6. The fraction of sp³-hybridized carbons (Fsp3) is 0.611. The van der Waals surface area contributed by atoms with Gasteiger partial charge in [0.25, 0.3) is 0 Å². The molecule has 138 valence electrons. The molecule has 0 saturated heterocycles. The van der Waals surface area contributed by atoms with Gasteiger partial charge < -0.3 is 9.88 Å². The minimum absolute atomic E-state index is 0.0865. The molecule has 2 aliphatic rings. The van der Waals surface area contributed by atoms with Crippen LogP contribution < -0.4 is 4.90 Å². The van der Waals surface area contributed by atoms with Crippen LogP contribution in [0, 0.1) is 23.2 Å². The summed E-state index contributed by atoms with van der Waals surface area (Å²) in [5, 5.41) is 9.66. The molecule has 2 aromatic heterocycles. The van der Waals surface area contributed by atoms with Gasteiger partial charge in [-0.3, -0.25) is 0 Å². The number of aromatic nitrogens is 3. The Bertz CT molecular complexity index is 942. The maximum Gasteiger partial charge on any atom is 0.153 e. The van der Waals surface area contributed by atoms with Crippen LogP contribution in [0.5, 0.6) is 0 Å². The quantitative estimate of drug-likeness (QED) is 0.862. The van der Waals surface area contributed by atoms with Gasteiger partial charge in [0.2, 0.25) is 0 Å². The van der Waals surface area contributed by atoms with E-state index in [1.807, 2.05) is 19.3 Å². The summed E-state index contributed by atoms with van der Waals surface area (Å²) in [4.78, 5) is 13.9. The van der Waals surface area contributed by atoms with E-state index < -0.39 is 9.84 Å². The number of hydrogen-bond acceptors (Lipinski definition) is 6. The largest absolute Gasteiger partial charge is 0.356 e. The molecule has 2 heterocycles. The monoisotopic (exact) mass is 373 g/mol. The van der Waals surface area contributed by atoms with Gasteiger partial charge in [-0.25, -0.2) is 18.4 Å². The fourth-order valence-electron chi connectivity index (χ4n) is 4.31. The number of sulfone groups is 1. The van der Waals surface area contributed by atoms with Crippen molar-refractivity contribution in [2.45, 2.75) is 43.4 Å². The highest BCUT2D eigenvalue weighted by Gasteiger charge is 2.40. The summed E-state index contributed by atoms with van der Waals surface area (Å²) in [6.07, 6.45) is 7.00. The summed E-state index contributed by atoms with van der Waals surface area (Å²) in [6, 6.07) is 4.48. The van der Waals surface area contributed by atoms with Gasteiger partial charge in [-0.1, -0.05) is 0 Å². The van der Waals surface area contributed by atoms with Crippen molar-refractivity contribution in [3.63, 3.8) is 0 Å². The van der Waals surface area contributed by atoms with E-state index in [1.54, 1.807) is 6.33 Å². The van der Waals surface area contributed by atoms with Crippen molar-refractivity contribution >= 4 is 26.7 Å². The number of nitrogens with one attached hydrogen (secondary N) is 1. The Kier molecular flexibility index (Phi) is 4.35. The zero-order chi connectivity index (χ0) is 18.3. The number of fused-ring (bicyclic) bond motifs is 1. The van der Waals surface area contributed by atoms with Crippen molar-refractivity contribution in [2.24, 2.45) is 11.8 Å². The molecule has 2 aromatic rings. The Hall–Kier alpha value is -2.14. The number of rotatable bonds is 5. The van der Waals surface area contributed by atoms with Crippen LogP contribution in [0.25, 0.3) is 11.0 Å². The van der Waals surface area contributed by atoms with Crippen LogP contribution in [-0.4, -0.2) is 47.5 Å². The van der Waals surface area contributed by atoms with E-state index in [2.05, 4.69) is 25.9 Å². The molecular formula is C18H23N5O2S. The zero-order valence-electron chi connectivity index (χ0n) is 14.8. The van der Waals surface area contributed by atoms with E-state index in [9.17, 15) is 8.42 Å². The molecule has 8 heteroatoms. The first-order valence-electron chi connectivity index (χ1n) is 9.10. The summed E-state index contributed by atoms with van der Waals surface area (Å²) in [5.74, 6) is 1.26. The van der Waals surface area contributed by atoms with Gasteiger partial charge in [-0.05, 0) is 44.1 Å². The van der Waals surface area contributed by atoms with Crippen LogP contribution in [0.3, 0.4) is 0 Å². The number of nitriles is 1. The third kappa shape index (κ3) is 3.05. The normalized spacial score (nSPS) is 28.6. The second kappa shape index (κ2) is 6.54. The lowest BCUT2D eigenvalue weighted by Crippen LogP contribution is -2.46. The van der Waals surface area contributed by atoms with Crippen molar-refractivity contribution < 1.29 is 8.42 Å². The van der Waals surface area contributed by atoms with E-state index >= 15 is 0 Å². The third-order valence-corrected chi connectivity index (χ3v) is 8.35. The molecule has 0 spiro atoms. The van der Waals surface area contributed by atoms with E-state index in [-0.39, 0.29) is 22.8 Å². The molecule has 1 N–H and O–H groups in total. The van der Waals surface area contributed by atoms with Gasteiger partial charge >= 0.3 is 0 Å². The number of H-pyrrole nitrogens is 1. The predicted octanol–water partition coefficient (Wildman–Crippen LogP) is 2.28. The van der Waals surface area contributed by atoms with Crippen LogP contribution >= 0.6 is 0 Å². The Labute approximate surface area is 153 Å². The molecule has 7 nitrogen and oxygen atoms in total. The molecule has 2 fully saturated rings. The van der Waals surface area contributed by atoms with E-state index in [1.165, 1.54) is 0 Å². The van der Waals surface area contributed by atoms with E-state index in [4.69, 9.17) is 5.26 Å². The van der Waals surface area contributed by atoms with Crippen LogP contribution in [0.15, 0.2) is 18.6 Å². The van der Waals surface area contributed by atoms with E-state index in [0.717, 1.165) is 36.1 Å². The number of hydrogen-bond donors (Lipinski definition) is 1. The molecular weight excluding hydrogens is 350 g/mol. The Morgan fingerprint density at radius 3 is 2.85 bits per heavy atom. The summed E-state index contributed by atoms with van der Waals surface area (Å²) in [6.45, 7) is 0. The highest BCUT2D eigenvalue weighted by molar-refractivity contribution is 7.92. The fourth-order valence-corrected chi connectivity index (χ4v) is 6.54. The van der Waals surface area contributed by atoms with Crippen molar-refractivity contribution in [1.82, 2.24) is 15.0 Å². The minimum atomic E-state index is -3.10. The Balaban J connectivity index is 1.37.